The smallest absolute Gasteiger partial charge is 0.416 e. The molecule has 0 bridgehead atoms. The molecule has 10 heteroatoms. The van der Waals surface area contributed by atoms with Crippen molar-refractivity contribution in [2.75, 3.05) is 6.61 Å². The number of nitrogens with two attached hydrogens (primary N) is 1. The second-order valence-electron chi connectivity index (χ2n) is 4.88. The fourth-order valence-electron chi connectivity index (χ4n) is 2.06. The Morgan fingerprint density at radius 3 is 2.48 bits per heavy atom. The Bertz CT molecular complexity index is 814. The fraction of sp³-hybridized carbons (Fsp3) is 0.133. The van der Waals surface area contributed by atoms with Gasteiger partial charge in [-0.1, -0.05) is 0 Å². The first-order chi connectivity index (χ1) is 11.6. The Labute approximate surface area is 146 Å². The molecule has 0 aliphatic heterocycles. The van der Waals surface area contributed by atoms with E-state index in [1.807, 2.05) is 0 Å². The lowest BCUT2D eigenvalue weighted by Crippen LogP contribution is -2.11. The van der Waals surface area contributed by atoms with Gasteiger partial charge < -0.3 is 9.84 Å². The molecular formula is C15H12F4NO3PS. The average Bonchev–Trinajstić information content (AvgIpc) is 2.53. The highest BCUT2D eigenvalue weighted by molar-refractivity contribution is 7.97. The van der Waals surface area contributed by atoms with Crippen LogP contribution in [-0.2, 0) is 11.0 Å². The zero-order valence-corrected chi connectivity index (χ0v) is 14.4. The van der Waals surface area contributed by atoms with Crippen LogP contribution in [0.25, 0.3) is 11.1 Å². The number of alkyl halides is 3. The maximum atomic E-state index is 14.4. The summed E-state index contributed by atoms with van der Waals surface area (Å²) in [5.74, 6) is -2.29. The first-order valence-electron chi connectivity index (χ1n) is 6.65. The zero-order chi connectivity index (χ0) is 18.8. The van der Waals surface area contributed by atoms with Crippen molar-refractivity contribution in [3.63, 3.8) is 0 Å². The van der Waals surface area contributed by atoms with Crippen LogP contribution in [0.2, 0.25) is 0 Å². The van der Waals surface area contributed by atoms with E-state index in [1.54, 1.807) is 0 Å². The number of carboxylic acid groups (broad SMARTS) is 1. The van der Waals surface area contributed by atoms with E-state index >= 15 is 0 Å². The van der Waals surface area contributed by atoms with Crippen LogP contribution in [0, 0.1) is 5.82 Å². The van der Waals surface area contributed by atoms with Crippen LogP contribution in [0.5, 0.6) is 5.75 Å². The molecule has 4 nitrogen and oxygen atoms in total. The molecule has 2 rings (SSSR count). The van der Waals surface area contributed by atoms with E-state index in [4.69, 9.17) is 15.0 Å². The van der Waals surface area contributed by atoms with Crippen molar-refractivity contribution >= 4 is 32.5 Å². The summed E-state index contributed by atoms with van der Waals surface area (Å²) in [6.07, 6.45) is -4.65. The number of carbonyl (C=O) groups is 1. The summed E-state index contributed by atoms with van der Waals surface area (Å²) >= 11 is 0.789. The number of carboxylic acids is 1. The van der Waals surface area contributed by atoms with E-state index < -0.39 is 30.1 Å². The Kier molecular flexibility index (Phi) is 5.92. The maximum Gasteiger partial charge on any atom is 0.416 e. The summed E-state index contributed by atoms with van der Waals surface area (Å²) in [4.78, 5) is 11.0. The van der Waals surface area contributed by atoms with Crippen molar-refractivity contribution in [3.05, 3.63) is 41.7 Å². The molecule has 0 saturated carbocycles. The molecule has 1 unspecified atom stereocenters. The molecule has 0 aromatic heterocycles. The van der Waals surface area contributed by atoms with Crippen LogP contribution in [-0.4, -0.2) is 17.7 Å². The lowest BCUT2D eigenvalue weighted by Gasteiger charge is -2.15. The van der Waals surface area contributed by atoms with Gasteiger partial charge in [-0.15, -0.1) is 9.24 Å². The third-order valence-electron chi connectivity index (χ3n) is 3.17. The Hall–Kier alpha value is -1.83. The lowest BCUT2D eigenvalue weighted by molar-refractivity contribution is -0.140. The number of ether oxygens (including phenoxy) is 1. The van der Waals surface area contributed by atoms with Gasteiger partial charge >= 0.3 is 12.1 Å². The van der Waals surface area contributed by atoms with Crippen molar-refractivity contribution in [3.8, 4) is 16.9 Å². The average molecular weight is 393 g/mol. The molecule has 2 aromatic rings. The van der Waals surface area contributed by atoms with Crippen LogP contribution in [0.4, 0.5) is 17.6 Å². The van der Waals surface area contributed by atoms with Crippen molar-refractivity contribution in [1.82, 2.24) is 0 Å². The molecule has 0 saturated heterocycles. The molecule has 25 heavy (non-hydrogen) atoms. The minimum Gasteiger partial charge on any atom is -0.481 e. The fourth-order valence-corrected chi connectivity index (χ4v) is 2.88. The summed E-state index contributed by atoms with van der Waals surface area (Å²) in [6.45, 7) is -0.773. The number of hydrogen-bond acceptors (Lipinski definition) is 4. The van der Waals surface area contributed by atoms with Gasteiger partial charge in [-0.3, -0.25) is 5.14 Å². The molecule has 0 amide bonds. The minimum atomic E-state index is -4.65. The lowest BCUT2D eigenvalue weighted by atomic mass is 10.0. The second-order valence-corrected chi connectivity index (χ2v) is 6.18. The van der Waals surface area contributed by atoms with E-state index in [1.165, 1.54) is 6.07 Å². The van der Waals surface area contributed by atoms with Crippen molar-refractivity contribution in [2.24, 2.45) is 5.14 Å². The van der Waals surface area contributed by atoms with E-state index in [2.05, 4.69) is 9.24 Å². The Morgan fingerprint density at radius 1 is 1.24 bits per heavy atom. The highest BCUT2D eigenvalue weighted by atomic mass is 32.2. The number of aliphatic carboxylic acids is 1. The molecule has 2 aromatic carbocycles. The number of rotatable bonds is 5. The number of benzene rings is 2. The summed E-state index contributed by atoms with van der Waals surface area (Å²) in [5.41, 5.74) is -1.37. The van der Waals surface area contributed by atoms with Crippen molar-refractivity contribution < 1.29 is 32.2 Å². The summed E-state index contributed by atoms with van der Waals surface area (Å²) in [7, 11) is 2.31. The van der Waals surface area contributed by atoms with Crippen molar-refractivity contribution in [1.29, 1.82) is 0 Å². The Balaban J connectivity index is 2.63. The predicted molar refractivity (Wildman–Crippen MR) is 89.4 cm³/mol. The maximum absolute atomic E-state index is 14.4. The molecule has 3 N–H and O–H groups in total. The van der Waals surface area contributed by atoms with Crippen molar-refractivity contribution in [2.45, 2.75) is 11.1 Å². The van der Waals surface area contributed by atoms with Gasteiger partial charge in [0.15, 0.2) is 6.61 Å². The largest absolute Gasteiger partial charge is 0.481 e. The van der Waals surface area contributed by atoms with Gasteiger partial charge in [-0.25, -0.2) is 9.18 Å². The third-order valence-corrected chi connectivity index (χ3v) is 4.47. The molecule has 134 valence electrons. The van der Waals surface area contributed by atoms with Crippen LogP contribution in [0.15, 0.2) is 35.2 Å². The predicted octanol–water partition coefficient (Wildman–Crippen LogP) is 3.44. The molecular weight excluding hydrogens is 381 g/mol. The normalized spacial score (nSPS) is 11.4. The third kappa shape index (κ3) is 4.62. The van der Waals surface area contributed by atoms with Crippen LogP contribution < -0.4 is 15.2 Å². The molecule has 0 aliphatic rings. The molecule has 0 aliphatic carbocycles. The van der Waals surface area contributed by atoms with Gasteiger partial charge in [0.1, 0.15) is 11.6 Å². The van der Waals surface area contributed by atoms with Gasteiger partial charge in [0.2, 0.25) is 0 Å². The first-order valence-corrected chi connectivity index (χ1v) is 8.11. The summed E-state index contributed by atoms with van der Waals surface area (Å²) in [6, 6.07) is 4.82. The monoisotopic (exact) mass is 393 g/mol. The molecule has 0 heterocycles. The van der Waals surface area contributed by atoms with Crippen LogP contribution >= 0.6 is 21.2 Å². The quantitative estimate of drug-likeness (QED) is 0.463. The van der Waals surface area contributed by atoms with E-state index in [-0.39, 0.29) is 16.9 Å². The van der Waals surface area contributed by atoms with Gasteiger partial charge in [-0.2, -0.15) is 13.2 Å². The van der Waals surface area contributed by atoms with Gasteiger partial charge in [0.25, 0.3) is 0 Å². The highest BCUT2D eigenvalue weighted by Gasteiger charge is 2.31. The number of hydrogen-bond donors (Lipinski definition) is 2. The van der Waals surface area contributed by atoms with Crippen LogP contribution in [0.3, 0.4) is 0 Å². The molecule has 0 fully saturated rings. The SMILES string of the molecule is NSc1cc(F)c(-c2cc(C(F)(F)F)ccc2OCC(=O)O)cc1P. The van der Waals surface area contributed by atoms with Gasteiger partial charge in [0.05, 0.1) is 5.56 Å². The standard InChI is InChI=1S/C15H12F4NO3PS/c16-10-5-13(25-20)12(24)4-8(10)9-3-7(15(17,18)19)1-2-11(9)23-6-14(21)22/h1-5H,6,20,24H2,(H,21,22). The number of halogens is 4. The minimum absolute atomic E-state index is 0.158. The van der Waals surface area contributed by atoms with E-state index in [9.17, 15) is 22.4 Å². The molecule has 0 radical (unpaired) electrons. The van der Waals surface area contributed by atoms with Crippen LogP contribution in [0.1, 0.15) is 5.56 Å². The Morgan fingerprint density at radius 2 is 1.92 bits per heavy atom. The topological polar surface area (TPSA) is 72.5 Å². The summed E-state index contributed by atoms with van der Waals surface area (Å²) < 4.78 is 58.3. The zero-order valence-electron chi connectivity index (χ0n) is 12.4. The summed E-state index contributed by atoms with van der Waals surface area (Å²) in [5, 5.41) is 14.6. The van der Waals surface area contributed by atoms with E-state index in [0.29, 0.717) is 10.2 Å². The van der Waals surface area contributed by atoms with Gasteiger partial charge in [0, 0.05) is 16.0 Å². The highest BCUT2D eigenvalue weighted by Crippen LogP contribution is 2.38. The molecule has 1 atom stereocenters. The molecule has 0 spiro atoms. The second kappa shape index (κ2) is 7.59. The van der Waals surface area contributed by atoms with E-state index in [0.717, 1.165) is 36.2 Å². The van der Waals surface area contributed by atoms with Gasteiger partial charge in [-0.05, 0) is 47.6 Å². The first kappa shape index (κ1) is 19.5.